The second kappa shape index (κ2) is 2.85. The quantitative estimate of drug-likeness (QED) is 0.584. The highest BCUT2D eigenvalue weighted by atomic mass is 32.1. The van der Waals surface area contributed by atoms with E-state index in [4.69, 9.17) is 0 Å². The van der Waals surface area contributed by atoms with Crippen molar-refractivity contribution in [3.8, 4) is 0 Å². The molecule has 2 aromatic rings. The fraction of sp³-hybridized carbons (Fsp3) is 0.333. The van der Waals surface area contributed by atoms with Crippen molar-refractivity contribution >= 4 is 21.4 Å². The zero-order chi connectivity index (χ0) is 9.47. The van der Waals surface area contributed by atoms with E-state index >= 15 is 0 Å². The van der Waals surface area contributed by atoms with E-state index in [-0.39, 0.29) is 5.41 Å². The average molecular weight is 190 g/mol. The molecular weight excluding hydrogens is 176 g/mol. The maximum atomic E-state index is 2.31. The summed E-state index contributed by atoms with van der Waals surface area (Å²) < 4.78 is 1.40. The minimum atomic E-state index is 0.281. The van der Waals surface area contributed by atoms with Crippen molar-refractivity contribution in [2.75, 3.05) is 0 Å². The van der Waals surface area contributed by atoms with E-state index in [0.29, 0.717) is 0 Å². The molecule has 0 aliphatic rings. The van der Waals surface area contributed by atoms with Crippen LogP contribution in [-0.2, 0) is 5.41 Å². The van der Waals surface area contributed by atoms with E-state index in [1.165, 1.54) is 15.0 Å². The van der Waals surface area contributed by atoms with Crippen LogP contribution >= 0.6 is 11.3 Å². The van der Waals surface area contributed by atoms with Gasteiger partial charge in [0.25, 0.3) is 0 Å². The van der Waals surface area contributed by atoms with Crippen LogP contribution in [0.2, 0.25) is 0 Å². The molecule has 68 valence electrons. The lowest BCUT2D eigenvalue weighted by Crippen LogP contribution is -2.07. The van der Waals surface area contributed by atoms with Crippen molar-refractivity contribution < 1.29 is 0 Å². The molecule has 0 unspecified atom stereocenters. The lowest BCUT2D eigenvalue weighted by molar-refractivity contribution is 0.604. The van der Waals surface area contributed by atoms with Gasteiger partial charge in [0.2, 0.25) is 0 Å². The summed E-state index contributed by atoms with van der Waals surface area (Å²) in [5.74, 6) is 0. The molecule has 0 saturated heterocycles. The number of hydrogen-bond donors (Lipinski definition) is 0. The summed E-state index contributed by atoms with van der Waals surface area (Å²) in [6.07, 6.45) is 0. The van der Waals surface area contributed by atoms with Crippen LogP contribution in [0.5, 0.6) is 0 Å². The summed E-state index contributed by atoms with van der Waals surface area (Å²) in [5, 5.41) is 1.37. The van der Waals surface area contributed by atoms with Gasteiger partial charge < -0.3 is 0 Å². The number of benzene rings is 1. The van der Waals surface area contributed by atoms with Crippen molar-refractivity contribution in [3.63, 3.8) is 0 Å². The van der Waals surface area contributed by atoms with Crippen molar-refractivity contribution in [1.29, 1.82) is 0 Å². The molecule has 0 saturated carbocycles. The molecule has 0 radical (unpaired) electrons. The summed E-state index contributed by atoms with van der Waals surface area (Å²) in [5.41, 5.74) is 0.281. The second-order valence-corrected chi connectivity index (χ2v) is 5.48. The fourth-order valence-electron chi connectivity index (χ4n) is 1.35. The Kier molecular flexibility index (Phi) is 1.92. The molecule has 0 aliphatic carbocycles. The lowest BCUT2D eigenvalue weighted by atomic mass is 9.94. The zero-order valence-corrected chi connectivity index (χ0v) is 9.11. The van der Waals surface area contributed by atoms with Crippen LogP contribution < -0.4 is 0 Å². The zero-order valence-electron chi connectivity index (χ0n) is 8.29. The Hall–Kier alpha value is -0.820. The lowest BCUT2D eigenvalue weighted by Gasteiger charge is -2.14. The minimum Gasteiger partial charge on any atom is -0.140 e. The molecule has 0 nitrogen and oxygen atoms in total. The summed E-state index contributed by atoms with van der Waals surface area (Å²) in [4.78, 5) is 1.47. The number of fused-ring (bicyclic) bond motifs is 1. The largest absolute Gasteiger partial charge is 0.140 e. The van der Waals surface area contributed by atoms with Crippen molar-refractivity contribution in [3.05, 3.63) is 35.2 Å². The molecule has 13 heavy (non-hydrogen) atoms. The third-order valence-electron chi connectivity index (χ3n) is 2.16. The van der Waals surface area contributed by atoms with Gasteiger partial charge in [-0.2, -0.15) is 0 Å². The highest BCUT2D eigenvalue weighted by Gasteiger charge is 2.16. The predicted octanol–water partition coefficient (Wildman–Crippen LogP) is 4.20. The van der Waals surface area contributed by atoms with Crippen LogP contribution in [0.25, 0.3) is 10.1 Å². The second-order valence-electron chi connectivity index (χ2n) is 4.40. The molecule has 1 aromatic carbocycles. The topological polar surface area (TPSA) is 0 Å². The monoisotopic (exact) mass is 190 g/mol. The molecule has 0 atom stereocenters. The van der Waals surface area contributed by atoms with Gasteiger partial charge in [0, 0.05) is 9.58 Å². The molecule has 0 fully saturated rings. The highest BCUT2D eigenvalue weighted by Crippen LogP contribution is 2.33. The van der Waals surface area contributed by atoms with E-state index in [0.717, 1.165) is 0 Å². The molecule has 0 aliphatic heterocycles. The van der Waals surface area contributed by atoms with Crippen molar-refractivity contribution in [2.45, 2.75) is 26.2 Å². The average Bonchev–Trinajstić information content (AvgIpc) is 2.45. The van der Waals surface area contributed by atoms with Crippen LogP contribution in [0.4, 0.5) is 0 Å². The molecule has 0 spiro atoms. The summed E-state index contributed by atoms with van der Waals surface area (Å²) in [6, 6.07) is 10.9. The van der Waals surface area contributed by atoms with Gasteiger partial charge >= 0.3 is 0 Å². The van der Waals surface area contributed by atoms with Crippen LogP contribution in [0.15, 0.2) is 30.3 Å². The highest BCUT2D eigenvalue weighted by molar-refractivity contribution is 7.19. The molecule has 1 heteroatoms. The smallest absolute Gasteiger partial charge is 0.0345 e. The van der Waals surface area contributed by atoms with Crippen molar-refractivity contribution in [2.24, 2.45) is 0 Å². The first-order chi connectivity index (χ1) is 6.07. The Labute approximate surface area is 83.2 Å². The molecule has 1 aromatic heterocycles. The SMILES string of the molecule is CC(C)(C)c1cc2ccccc2s1. The first-order valence-electron chi connectivity index (χ1n) is 4.56. The van der Waals surface area contributed by atoms with Gasteiger partial charge in [0.15, 0.2) is 0 Å². The summed E-state index contributed by atoms with van der Waals surface area (Å²) in [7, 11) is 0. The van der Waals surface area contributed by atoms with E-state index in [9.17, 15) is 0 Å². The van der Waals surface area contributed by atoms with Gasteiger partial charge in [0.05, 0.1) is 0 Å². The first-order valence-corrected chi connectivity index (χ1v) is 5.38. The maximum absolute atomic E-state index is 2.31. The van der Waals surface area contributed by atoms with E-state index in [1.807, 2.05) is 11.3 Å². The van der Waals surface area contributed by atoms with Gasteiger partial charge in [-0.05, 0) is 22.9 Å². The Morgan fingerprint density at radius 3 is 2.38 bits per heavy atom. The third-order valence-corrected chi connectivity index (χ3v) is 3.71. The number of hydrogen-bond acceptors (Lipinski definition) is 1. The summed E-state index contributed by atoms with van der Waals surface area (Å²) in [6.45, 7) is 6.78. The molecule has 0 N–H and O–H groups in total. The number of rotatable bonds is 0. The van der Waals surface area contributed by atoms with Gasteiger partial charge in [0.1, 0.15) is 0 Å². The van der Waals surface area contributed by atoms with Crippen LogP contribution in [0, 0.1) is 0 Å². The van der Waals surface area contributed by atoms with Gasteiger partial charge in [-0.1, -0.05) is 39.0 Å². The van der Waals surface area contributed by atoms with Crippen LogP contribution in [0.1, 0.15) is 25.6 Å². The Bertz CT molecular complexity index is 385. The fourth-order valence-corrected chi connectivity index (χ4v) is 2.47. The molecule has 2 rings (SSSR count). The van der Waals surface area contributed by atoms with Crippen LogP contribution in [-0.4, -0.2) is 0 Å². The summed E-state index contributed by atoms with van der Waals surface area (Å²) >= 11 is 1.90. The van der Waals surface area contributed by atoms with Crippen LogP contribution in [0.3, 0.4) is 0 Å². The van der Waals surface area contributed by atoms with Gasteiger partial charge in [-0.15, -0.1) is 11.3 Å². The Morgan fingerprint density at radius 1 is 1.08 bits per heavy atom. The van der Waals surface area contributed by atoms with E-state index < -0.39 is 0 Å². The first kappa shape index (κ1) is 8.76. The van der Waals surface area contributed by atoms with E-state index in [2.05, 4.69) is 51.1 Å². The molecular formula is C12H14S. The van der Waals surface area contributed by atoms with Gasteiger partial charge in [-0.25, -0.2) is 0 Å². The standard InChI is InChI=1S/C12H14S/c1-12(2,3)11-8-9-6-4-5-7-10(9)13-11/h4-8H,1-3H3. The molecule has 1 heterocycles. The number of thiophene rings is 1. The van der Waals surface area contributed by atoms with Gasteiger partial charge in [-0.3, -0.25) is 0 Å². The van der Waals surface area contributed by atoms with Crippen molar-refractivity contribution in [1.82, 2.24) is 0 Å². The Morgan fingerprint density at radius 2 is 1.77 bits per heavy atom. The minimum absolute atomic E-state index is 0.281. The maximum Gasteiger partial charge on any atom is 0.0345 e. The third kappa shape index (κ3) is 1.61. The molecule has 0 bridgehead atoms. The van der Waals surface area contributed by atoms with E-state index in [1.54, 1.807) is 0 Å². The predicted molar refractivity (Wildman–Crippen MR) is 60.5 cm³/mol. The Balaban J connectivity index is 2.63. The molecule has 0 amide bonds. The normalized spacial score (nSPS) is 12.2.